The van der Waals surface area contributed by atoms with Crippen molar-refractivity contribution in [2.24, 2.45) is 0 Å². The van der Waals surface area contributed by atoms with E-state index in [0.717, 1.165) is 38.5 Å². The Morgan fingerprint density at radius 2 is 1.19 bits per heavy atom. The van der Waals surface area contributed by atoms with Gasteiger partial charge in [0.1, 0.15) is 0 Å². The van der Waals surface area contributed by atoms with Gasteiger partial charge in [-0.2, -0.15) is 8.42 Å². The zero-order valence-electron chi connectivity index (χ0n) is 13.1. The second kappa shape index (κ2) is 13.5. The highest BCUT2D eigenvalue weighted by Gasteiger charge is 2.00. The third-order valence-corrected chi connectivity index (χ3v) is 3.47. The summed E-state index contributed by atoms with van der Waals surface area (Å²) in [5.74, 6) is 0. The van der Waals surface area contributed by atoms with E-state index in [1.165, 1.54) is 12.4 Å². The molecule has 5 heteroatoms. The van der Waals surface area contributed by atoms with E-state index < -0.39 is 10.2 Å². The number of unbranched alkanes of at least 4 members (excludes halogenated alkanes) is 4. The maximum atomic E-state index is 11.5. The number of nitrogens with one attached hydrogen (secondary N) is 2. The van der Waals surface area contributed by atoms with Crippen LogP contribution in [0.5, 0.6) is 0 Å². The molecule has 0 fully saturated rings. The summed E-state index contributed by atoms with van der Waals surface area (Å²) < 4.78 is 27.7. The van der Waals surface area contributed by atoms with Crippen LogP contribution in [0, 0.1) is 0 Å². The van der Waals surface area contributed by atoms with E-state index in [0.29, 0.717) is 0 Å². The standard InChI is InChI=1S/C16H28N2O2S/c1-3-5-7-9-11-13-15-17-21(19,20)18-16-14-12-10-8-6-4-2/h9-18H,3-8H2,1-2H3. The lowest BCUT2D eigenvalue weighted by atomic mass is 10.2. The van der Waals surface area contributed by atoms with Crippen molar-refractivity contribution >= 4 is 10.2 Å². The number of rotatable bonds is 12. The summed E-state index contributed by atoms with van der Waals surface area (Å²) in [6.07, 6.45) is 20.5. The molecule has 0 radical (unpaired) electrons. The SMILES string of the molecule is CCCCC=CC=CNS(=O)(=O)NC=CC=CCCCC. The first kappa shape index (κ1) is 19.5. The van der Waals surface area contributed by atoms with E-state index in [1.54, 1.807) is 12.2 Å². The summed E-state index contributed by atoms with van der Waals surface area (Å²) in [6.45, 7) is 4.27. The normalized spacial score (nSPS) is 13.0. The molecule has 4 nitrogen and oxygen atoms in total. The Bertz CT molecular complexity index is 413. The molecule has 21 heavy (non-hydrogen) atoms. The summed E-state index contributed by atoms with van der Waals surface area (Å²) in [5.41, 5.74) is 0. The van der Waals surface area contributed by atoms with Crippen LogP contribution >= 0.6 is 0 Å². The summed E-state index contributed by atoms with van der Waals surface area (Å²) in [5, 5.41) is 0. The second-order valence-corrected chi connectivity index (χ2v) is 6.08. The lowest BCUT2D eigenvalue weighted by Gasteiger charge is -2.01. The lowest BCUT2D eigenvalue weighted by molar-refractivity contribution is 0.585. The molecule has 0 saturated heterocycles. The predicted molar refractivity (Wildman–Crippen MR) is 90.8 cm³/mol. The minimum absolute atomic E-state index is 1.01. The van der Waals surface area contributed by atoms with E-state index in [-0.39, 0.29) is 0 Å². The summed E-state index contributed by atoms with van der Waals surface area (Å²) >= 11 is 0. The van der Waals surface area contributed by atoms with E-state index in [2.05, 4.69) is 23.3 Å². The summed E-state index contributed by atoms with van der Waals surface area (Å²) in [7, 11) is -3.52. The van der Waals surface area contributed by atoms with E-state index in [4.69, 9.17) is 0 Å². The molecule has 0 spiro atoms. The van der Waals surface area contributed by atoms with Crippen LogP contribution in [0.2, 0.25) is 0 Å². The molecular formula is C16H28N2O2S. The predicted octanol–water partition coefficient (Wildman–Crippen LogP) is 3.93. The highest BCUT2D eigenvalue weighted by molar-refractivity contribution is 7.87. The molecule has 0 amide bonds. The van der Waals surface area contributed by atoms with Gasteiger partial charge in [0.25, 0.3) is 0 Å². The van der Waals surface area contributed by atoms with Gasteiger partial charge < -0.3 is 0 Å². The third kappa shape index (κ3) is 14.7. The fourth-order valence-corrected chi connectivity index (χ4v) is 1.98. The van der Waals surface area contributed by atoms with Crippen molar-refractivity contribution in [1.82, 2.24) is 9.44 Å². The molecule has 0 aromatic rings. The van der Waals surface area contributed by atoms with E-state index >= 15 is 0 Å². The van der Waals surface area contributed by atoms with Gasteiger partial charge in [0.2, 0.25) is 0 Å². The molecule has 0 rings (SSSR count). The van der Waals surface area contributed by atoms with Crippen LogP contribution in [0.25, 0.3) is 0 Å². The van der Waals surface area contributed by atoms with E-state index in [1.807, 2.05) is 24.3 Å². The van der Waals surface area contributed by atoms with Crippen LogP contribution in [-0.2, 0) is 10.2 Å². The van der Waals surface area contributed by atoms with Crippen molar-refractivity contribution in [3.8, 4) is 0 Å². The number of hydrogen-bond donors (Lipinski definition) is 2. The van der Waals surface area contributed by atoms with Crippen LogP contribution in [0.1, 0.15) is 52.4 Å². The Balaban J connectivity index is 3.93. The quantitative estimate of drug-likeness (QED) is 0.424. The average Bonchev–Trinajstić information content (AvgIpc) is 2.45. The lowest BCUT2D eigenvalue weighted by Crippen LogP contribution is -2.29. The molecule has 0 saturated carbocycles. The Labute approximate surface area is 129 Å². The minimum Gasteiger partial charge on any atom is -0.274 e. The van der Waals surface area contributed by atoms with Gasteiger partial charge in [-0.15, -0.1) is 0 Å². The van der Waals surface area contributed by atoms with Crippen LogP contribution in [0.15, 0.2) is 48.9 Å². The Hall–Kier alpha value is -1.49. The molecule has 0 aromatic carbocycles. The molecular weight excluding hydrogens is 284 g/mol. The zero-order chi connectivity index (χ0) is 15.8. The van der Waals surface area contributed by atoms with Gasteiger partial charge in [0.15, 0.2) is 0 Å². The zero-order valence-corrected chi connectivity index (χ0v) is 13.9. The van der Waals surface area contributed by atoms with Gasteiger partial charge in [0, 0.05) is 12.4 Å². The van der Waals surface area contributed by atoms with Crippen LogP contribution in [-0.4, -0.2) is 8.42 Å². The first-order valence-corrected chi connectivity index (χ1v) is 9.03. The van der Waals surface area contributed by atoms with Gasteiger partial charge >= 0.3 is 10.2 Å². The van der Waals surface area contributed by atoms with Gasteiger partial charge in [-0.05, 0) is 25.0 Å². The molecule has 0 atom stereocenters. The topological polar surface area (TPSA) is 58.2 Å². The van der Waals surface area contributed by atoms with Crippen LogP contribution < -0.4 is 9.44 Å². The van der Waals surface area contributed by atoms with Crippen molar-refractivity contribution in [2.45, 2.75) is 52.4 Å². The van der Waals surface area contributed by atoms with Crippen molar-refractivity contribution in [3.05, 3.63) is 48.9 Å². The smallest absolute Gasteiger partial charge is 0.274 e. The number of allylic oxidation sites excluding steroid dienone is 6. The van der Waals surface area contributed by atoms with Crippen LogP contribution in [0.4, 0.5) is 0 Å². The molecule has 0 heterocycles. The van der Waals surface area contributed by atoms with Gasteiger partial charge in [-0.25, -0.2) is 0 Å². The molecule has 0 aliphatic carbocycles. The average molecular weight is 312 g/mol. The maximum absolute atomic E-state index is 11.5. The molecule has 0 aliphatic rings. The summed E-state index contributed by atoms with van der Waals surface area (Å²) in [6, 6.07) is 0. The Morgan fingerprint density at radius 3 is 1.57 bits per heavy atom. The molecule has 0 aliphatic heterocycles. The molecule has 0 unspecified atom stereocenters. The van der Waals surface area contributed by atoms with Gasteiger partial charge in [-0.3, -0.25) is 9.44 Å². The third-order valence-electron chi connectivity index (χ3n) is 2.58. The highest BCUT2D eigenvalue weighted by atomic mass is 32.2. The molecule has 2 N–H and O–H groups in total. The molecule has 0 aromatic heterocycles. The monoisotopic (exact) mass is 312 g/mol. The van der Waals surface area contributed by atoms with Crippen molar-refractivity contribution in [2.75, 3.05) is 0 Å². The largest absolute Gasteiger partial charge is 0.320 e. The maximum Gasteiger partial charge on any atom is 0.320 e. The fourth-order valence-electron chi connectivity index (χ4n) is 1.40. The minimum atomic E-state index is -3.52. The van der Waals surface area contributed by atoms with Crippen molar-refractivity contribution in [1.29, 1.82) is 0 Å². The van der Waals surface area contributed by atoms with Gasteiger partial charge in [-0.1, -0.05) is 63.8 Å². The van der Waals surface area contributed by atoms with Crippen molar-refractivity contribution in [3.63, 3.8) is 0 Å². The highest BCUT2D eigenvalue weighted by Crippen LogP contribution is 1.95. The fraction of sp³-hybridized carbons (Fsp3) is 0.500. The van der Waals surface area contributed by atoms with Crippen molar-refractivity contribution < 1.29 is 8.42 Å². The first-order chi connectivity index (χ1) is 10.1. The van der Waals surface area contributed by atoms with Gasteiger partial charge in [0.05, 0.1) is 0 Å². The Morgan fingerprint density at radius 1 is 0.762 bits per heavy atom. The number of hydrogen-bond acceptors (Lipinski definition) is 2. The van der Waals surface area contributed by atoms with Crippen LogP contribution in [0.3, 0.4) is 0 Å². The first-order valence-electron chi connectivity index (χ1n) is 7.55. The molecule has 120 valence electrons. The Kier molecular flexibility index (Phi) is 12.5. The van der Waals surface area contributed by atoms with E-state index in [9.17, 15) is 8.42 Å². The summed E-state index contributed by atoms with van der Waals surface area (Å²) in [4.78, 5) is 0. The second-order valence-electron chi connectivity index (χ2n) is 4.60. The molecule has 0 bridgehead atoms.